The first-order valence-electron chi connectivity index (χ1n) is 13.1. The fourth-order valence-corrected chi connectivity index (χ4v) is 5.64. The van der Waals surface area contributed by atoms with Crippen molar-refractivity contribution >= 4 is 27.5 Å². The number of benzene rings is 3. The summed E-state index contributed by atoms with van der Waals surface area (Å²) in [6.45, 7) is 3.59. The second-order valence-corrected chi connectivity index (χ2v) is 11.3. The Balaban J connectivity index is 1.71. The van der Waals surface area contributed by atoms with E-state index in [1.165, 1.54) is 66.4 Å². The number of halogens is 2. The maximum absolute atomic E-state index is 13.9. The first-order chi connectivity index (χ1) is 19.6. The molecule has 1 aliphatic rings. The monoisotopic (exact) mass is 587 g/mol. The van der Waals surface area contributed by atoms with Gasteiger partial charge in [0.2, 0.25) is 11.8 Å². The van der Waals surface area contributed by atoms with Crippen molar-refractivity contribution in [2.24, 2.45) is 0 Å². The number of nitrogens with zero attached hydrogens (tertiary/aromatic N) is 2. The van der Waals surface area contributed by atoms with Gasteiger partial charge in [-0.25, -0.2) is 17.2 Å². The average molecular weight is 588 g/mol. The van der Waals surface area contributed by atoms with Crippen LogP contribution in [0.4, 0.5) is 14.5 Å². The van der Waals surface area contributed by atoms with Gasteiger partial charge in [-0.15, -0.1) is 0 Å². The predicted molar refractivity (Wildman–Crippen MR) is 148 cm³/mol. The summed E-state index contributed by atoms with van der Waals surface area (Å²) in [5.41, 5.74) is 0.581. The molecule has 0 spiro atoms. The van der Waals surface area contributed by atoms with Crippen LogP contribution < -0.4 is 19.1 Å². The van der Waals surface area contributed by atoms with Crippen LogP contribution in [0.3, 0.4) is 0 Å². The minimum atomic E-state index is -4.39. The zero-order chi connectivity index (χ0) is 29.6. The number of carbonyl (C=O) groups excluding carboxylic acids is 2. The number of ether oxygens (including phenoxy) is 2. The lowest BCUT2D eigenvalue weighted by atomic mass is 10.1. The number of nitrogens with one attached hydrogen (secondary N) is 1. The summed E-state index contributed by atoms with van der Waals surface area (Å²) in [5.74, 6) is -1.55. The molecule has 0 radical (unpaired) electrons. The van der Waals surface area contributed by atoms with Crippen molar-refractivity contribution in [3.63, 3.8) is 0 Å². The van der Waals surface area contributed by atoms with Gasteiger partial charge in [0.15, 0.2) is 11.5 Å². The van der Waals surface area contributed by atoms with Gasteiger partial charge in [0.1, 0.15) is 37.4 Å². The fourth-order valence-electron chi connectivity index (χ4n) is 4.21. The minimum Gasteiger partial charge on any atom is -0.486 e. The summed E-state index contributed by atoms with van der Waals surface area (Å²) in [7, 11) is -4.39. The average Bonchev–Trinajstić information content (AvgIpc) is 2.98. The van der Waals surface area contributed by atoms with Gasteiger partial charge < -0.3 is 19.7 Å². The van der Waals surface area contributed by atoms with E-state index in [0.717, 1.165) is 16.4 Å². The van der Waals surface area contributed by atoms with Crippen molar-refractivity contribution in [2.75, 3.05) is 30.6 Å². The highest BCUT2D eigenvalue weighted by molar-refractivity contribution is 7.92. The Kier molecular flexibility index (Phi) is 9.43. The van der Waals surface area contributed by atoms with E-state index in [4.69, 9.17) is 9.47 Å². The molecule has 0 saturated heterocycles. The Labute approximate surface area is 237 Å². The minimum absolute atomic E-state index is 0.0412. The predicted octanol–water partition coefficient (Wildman–Crippen LogP) is 3.87. The third kappa shape index (κ3) is 7.12. The highest BCUT2D eigenvalue weighted by atomic mass is 32.2. The van der Waals surface area contributed by atoms with Crippen LogP contribution in [-0.4, -0.2) is 57.5 Å². The SMILES string of the molecule is CCCNC(=O)C(C)N(Cc1ccc(F)cc1)C(=O)CN(c1ccc(F)cc1)S(=O)(=O)c1ccc2c(c1)OCCO2. The standard InChI is InChI=1S/C29H31F2N3O6S/c1-3-14-32-29(36)20(2)33(18-21-4-6-22(30)7-5-21)28(35)19-34(24-10-8-23(31)9-11-24)41(37,38)25-12-13-26-27(17-25)40-16-15-39-26/h4-13,17,20H,3,14-16,18-19H2,1-2H3,(H,32,36). The summed E-state index contributed by atoms with van der Waals surface area (Å²) in [6, 6.07) is 13.2. The molecule has 1 atom stereocenters. The maximum Gasteiger partial charge on any atom is 0.264 e. The van der Waals surface area contributed by atoms with Gasteiger partial charge in [-0.3, -0.25) is 13.9 Å². The molecule has 1 aliphatic heterocycles. The fraction of sp³-hybridized carbons (Fsp3) is 0.310. The molecule has 4 rings (SSSR count). The molecule has 218 valence electrons. The maximum atomic E-state index is 13.9. The van der Waals surface area contributed by atoms with E-state index in [1.54, 1.807) is 0 Å². The van der Waals surface area contributed by atoms with Gasteiger partial charge in [-0.2, -0.15) is 0 Å². The van der Waals surface area contributed by atoms with Crippen molar-refractivity contribution in [1.82, 2.24) is 10.2 Å². The largest absolute Gasteiger partial charge is 0.486 e. The molecule has 0 saturated carbocycles. The van der Waals surface area contributed by atoms with E-state index >= 15 is 0 Å². The van der Waals surface area contributed by atoms with Crippen LogP contribution in [0.5, 0.6) is 11.5 Å². The van der Waals surface area contributed by atoms with Crippen LogP contribution in [0.1, 0.15) is 25.8 Å². The summed E-state index contributed by atoms with van der Waals surface area (Å²) < 4.78 is 67.1. The van der Waals surface area contributed by atoms with E-state index in [0.29, 0.717) is 30.9 Å². The van der Waals surface area contributed by atoms with E-state index in [-0.39, 0.29) is 29.5 Å². The van der Waals surface area contributed by atoms with Crippen LogP contribution >= 0.6 is 0 Å². The number of amides is 2. The molecule has 1 heterocycles. The number of hydrogen-bond donors (Lipinski definition) is 1. The van der Waals surface area contributed by atoms with Gasteiger partial charge in [0, 0.05) is 19.2 Å². The number of anilines is 1. The summed E-state index contributed by atoms with van der Waals surface area (Å²) in [4.78, 5) is 27.8. The molecular weight excluding hydrogens is 556 g/mol. The van der Waals surface area contributed by atoms with Crippen molar-refractivity contribution in [1.29, 1.82) is 0 Å². The van der Waals surface area contributed by atoms with E-state index < -0.39 is 46.1 Å². The van der Waals surface area contributed by atoms with E-state index in [2.05, 4.69) is 5.32 Å². The second kappa shape index (κ2) is 13.0. The van der Waals surface area contributed by atoms with Gasteiger partial charge in [0.25, 0.3) is 10.0 Å². The Morgan fingerprint density at radius 3 is 2.17 bits per heavy atom. The van der Waals surface area contributed by atoms with Gasteiger partial charge in [-0.1, -0.05) is 19.1 Å². The summed E-state index contributed by atoms with van der Waals surface area (Å²) in [5, 5.41) is 2.75. The molecule has 2 amide bonds. The quantitative estimate of drug-likeness (QED) is 0.365. The number of rotatable bonds is 11. The first kappa shape index (κ1) is 29.8. The van der Waals surface area contributed by atoms with Crippen molar-refractivity contribution < 1.29 is 36.3 Å². The Bertz CT molecular complexity index is 1480. The molecule has 12 heteroatoms. The number of fused-ring (bicyclic) bond motifs is 1. The smallest absolute Gasteiger partial charge is 0.264 e. The van der Waals surface area contributed by atoms with Gasteiger partial charge in [-0.05, 0) is 67.4 Å². The number of carbonyl (C=O) groups is 2. The van der Waals surface area contributed by atoms with Gasteiger partial charge >= 0.3 is 0 Å². The molecule has 3 aromatic carbocycles. The Morgan fingerprint density at radius 1 is 0.927 bits per heavy atom. The zero-order valence-electron chi connectivity index (χ0n) is 22.7. The summed E-state index contributed by atoms with van der Waals surface area (Å²) >= 11 is 0. The normalized spacial score (nSPS) is 13.3. The lowest BCUT2D eigenvalue weighted by Gasteiger charge is -2.32. The topological polar surface area (TPSA) is 105 Å². The van der Waals surface area contributed by atoms with Crippen molar-refractivity contribution in [3.05, 3.63) is 83.9 Å². The highest BCUT2D eigenvalue weighted by Crippen LogP contribution is 2.34. The lowest BCUT2D eigenvalue weighted by molar-refractivity contribution is -0.139. The number of hydrogen-bond acceptors (Lipinski definition) is 6. The van der Waals surface area contributed by atoms with Crippen molar-refractivity contribution in [3.8, 4) is 11.5 Å². The van der Waals surface area contributed by atoms with Crippen LogP contribution in [-0.2, 0) is 26.2 Å². The third-order valence-electron chi connectivity index (χ3n) is 6.48. The summed E-state index contributed by atoms with van der Waals surface area (Å²) in [6.07, 6.45) is 0.677. The van der Waals surface area contributed by atoms with E-state index in [1.807, 2.05) is 6.92 Å². The second-order valence-electron chi connectivity index (χ2n) is 9.41. The molecule has 1 unspecified atom stereocenters. The molecule has 0 aromatic heterocycles. The highest BCUT2D eigenvalue weighted by Gasteiger charge is 2.33. The van der Waals surface area contributed by atoms with E-state index in [9.17, 15) is 26.8 Å². The lowest BCUT2D eigenvalue weighted by Crippen LogP contribution is -2.51. The molecule has 1 N–H and O–H groups in total. The Morgan fingerprint density at radius 2 is 1.54 bits per heavy atom. The zero-order valence-corrected chi connectivity index (χ0v) is 23.5. The first-order valence-corrected chi connectivity index (χ1v) is 14.5. The van der Waals surface area contributed by atoms with Crippen LogP contribution in [0, 0.1) is 11.6 Å². The molecule has 0 fully saturated rings. The third-order valence-corrected chi connectivity index (χ3v) is 8.25. The van der Waals surface area contributed by atoms with Gasteiger partial charge in [0.05, 0.1) is 10.6 Å². The number of sulfonamides is 1. The Hall–Kier alpha value is -4.19. The molecule has 3 aromatic rings. The molecule has 0 bridgehead atoms. The molecular formula is C29H31F2N3O6S. The van der Waals surface area contributed by atoms with Crippen LogP contribution in [0.15, 0.2) is 71.6 Å². The molecule has 0 aliphatic carbocycles. The van der Waals surface area contributed by atoms with Crippen LogP contribution in [0.25, 0.3) is 0 Å². The molecule has 9 nitrogen and oxygen atoms in total. The van der Waals surface area contributed by atoms with Crippen molar-refractivity contribution in [2.45, 2.75) is 37.8 Å². The molecule has 41 heavy (non-hydrogen) atoms. The van der Waals surface area contributed by atoms with Crippen LogP contribution in [0.2, 0.25) is 0 Å².